The van der Waals surface area contributed by atoms with Crippen molar-refractivity contribution in [2.75, 3.05) is 14.2 Å². The fourth-order valence-electron chi connectivity index (χ4n) is 2.07. The molecule has 0 unspecified atom stereocenters. The van der Waals surface area contributed by atoms with E-state index in [1.807, 2.05) is 0 Å². The van der Waals surface area contributed by atoms with Crippen molar-refractivity contribution in [3.63, 3.8) is 0 Å². The van der Waals surface area contributed by atoms with Crippen LogP contribution in [0.4, 0.5) is 0 Å². The Kier molecular flexibility index (Phi) is 5.71. The number of halogens is 1. The second-order valence-electron chi connectivity index (χ2n) is 4.80. The number of ether oxygens (including phenoxy) is 3. The molecule has 122 valence electrons. The van der Waals surface area contributed by atoms with Crippen LogP contribution in [-0.2, 0) is 11.2 Å². The molecule has 0 saturated heterocycles. The highest BCUT2D eigenvalue weighted by molar-refractivity contribution is 6.32. The Hall–Kier alpha value is -2.40. The van der Waals surface area contributed by atoms with Gasteiger partial charge in [0.15, 0.2) is 6.10 Å². The van der Waals surface area contributed by atoms with E-state index in [0.29, 0.717) is 22.3 Å². The Morgan fingerprint density at radius 3 is 2.48 bits per heavy atom. The lowest BCUT2D eigenvalue weighted by Gasteiger charge is -2.16. The predicted molar refractivity (Wildman–Crippen MR) is 86.8 cm³/mol. The molecule has 1 N–H and O–H groups in total. The molecule has 0 fully saturated rings. The van der Waals surface area contributed by atoms with E-state index in [9.17, 15) is 9.90 Å². The first-order chi connectivity index (χ1) is 11.0. The number of carboxylic acids is 1. The van der Waals surface area contributed by atoms with E-state index < -0.39 is 12.1 Å². The molecule has 6 heteroatoms. The highest BCUT2D eigenvalue weighted by atomic mass is 35.5. The van der Waals surface area contributed by atoms with Crippen LogP contribution in [0.3, 0.4) is 0 Å². The van der Waals surface area contributed by atoms with Crippen LogP contribution in [0.15, 0.2) is 42.5 Å². The molecule has 0 aliphatic rings. The first-order valence-electron chi connectivity index (χ1n) is 6.89. The minimum Gasteiger partial charge on any atom is -0.497 e. The summed E-state index contributed by atoms with van der Waals surface area (Å²) in [5.41, 5.74) is 0.742. The van der Waals surface area contributed by atoms with Crippen LogP contribution in [-0.4, -0.2) is 31.4 Å². The first-order valence-corrected chi connectivity index (χ1v) is 7.27. The maximum Gasteiger partial charge on any atom is 0.345 e. The van der Waals surface area contributed by atoms with Crippen LogP contribution in [0.25, 0.3) is 0 Å². The van der Waals surface area contributed by atoms with Crippen LogP contribution in [0.1, 0.15) is 5.56 Å². The molecule has 0 amide bonds. The Balaban J connectivity index is 2.15. The molecule has 2 rings (SSSR count). The van der Waals surface area contributed by atoms with Gasteiger partial charge in [-0.2, -0.15) is 0 Å². The average Bonchev–Trinajstić information content (AvgIpc) is 2.54. The van der Waals surface area contributed by atoms with Crippen LogP contribution in [0.2, 0.25) is 5.02 Å². The minimum atomic E-state index is -1.06. The van der Waals surface area contributed by atoms with E-state index >= 15 is 0 Å². The van der Waals surface area contributed by atoms with Gasteiger partial charge in [-0.25, -0.2) is 4.79 Å². The van der Waals surface area contributed by atoms with Crippen molar-refractivity contribution in [1.29, 1.82) is 0 Å². The van der Waals surface area contributed by atoms with Gasteiger partial charge in [-0.1, -0.05) is 23.7 Å². The fourth-order valence-corrected chi connectivity index (χ4v) is 2.35. The zero-order valence-corrected chi connectivity index (χ0v) is 13.5. The highest BCUT2D eigenvalue weighted by Crippen LogP contribution is 2.26. The summed E-state index contributed by atoms with van der Waals surface area (Å²) in [6.07, 6.45) is -0.859. The Bertz CT molecular complexity index is 686. The van der Waals surface area contributed by atoms with Gasteiger partial charge in [-0.05, 0) is 29.8 Å². The van der Waals surface area contributed by atoms with Gasteiger partial charge >= 0.3 is 5.97 Å². The van der Waals surface area contributed by atoms with Crippen molar-refractivity contribution in [2.24, 2.45) is 0 Å². The van der Waals surface area contributed by atoms with E-state index in [0.717, 1.165) is 5.56 Å². The van der Waals surface area contributed by atoms with Crippen molar-refractivity contribution in [2.45, 2.75) is 12.5 Å². The third-order valence-corrected chi connectivity index (χ3v) is 3.53. The molecule has 0 aliphatic carbocycles. The van der Waals surface area contributed by atoms with Crippen molar-refractivity contribution >= 4 is 17.6 Å². The average molecular weight is 337 g/mol. The number of carboxylic acid groups (broad SMARTS) is 1. The van der Waals surface area contributed by atoms with Crippen LogP contribution in [0, 0.1) is 0 Å². The topological polar surface area (TPSA) is 65.0 Å². The molecule has 0 aromatic heterocycles. The first kappa shape index (κ1) is 17.0. The molecule has 0 spiro atoms. The van der Waals surface area contributed by atoms with E-state index in [4.69, 9.17) is 25.8 Å². The van der Waals surface area contributed by atoms with Gasteiger partial charge in [0.2, 0.25) is 0 Å². The van der Waals surface area contributed by atoms with Crippen LogP contribution >= 0.6 is 11.6 Å². The van der Waals surface area contributed by atoms with Crippen LogP contribution in [0.5, 0.6) is 17.2 Å². The standard InChI is InChI=1S/C17H17ClO5/c1-21-12-4-3-5-13(10-12)23-16(17(19)20)9-11-6-7-15(22-2)14(18)8-11/h3-8,10,16H,9H2,1-2H3,(H,19,20)/t16-/m1/s1. The van der Waals surface area contributed by atoms with Gasteiger partial charge in [0.05, 0.1) is 19.2 Å². The quantitative estimate of drug-likeness (QED) is 0.839. The lowest BCUT2D eigenvalue weighted by molar-refractivity contribution is -0.145. The zero-order chi connectivity index (χ0) is 16.8. The number of benzene rings is 2. The third-order valence-electron chi connectivity index (χ3n) is 3.23. The number of hydrogen-bond donors (Lipinski definition) is 1. The summed E-state index contributed by atoms with van der Waals surface area (Å²) in [7, 11) is 3.06. The molecule has 0 bridgehead atoms. The Labute approximate surface area is 139 Å². The van der Waals surface area contributed by atoms with Gasteiger partial charge < -0.3 is 19.3 Å². The molecule has 0 saturated carbocycles. The van der Waals surface area contributed by atoms with Crippen molar-refractivity contribution in [1.82, 2.24) is 0 Å². The molecule has 0 heterocycles. The molecule has 0 aliphatic heterocycles. The maximum absolute atomic E-state index is 11.5. The second-order valence-corrected chi connectivity index (χ2v) is 5.20. The summed E-state index contributed by atoms with van der Waals surface area (Å²) < 4.78 is 15.7. The molecule has 23 heavy (non-hydrogen) atoms. The largest absolute Gasteiger partial charge is 0.497 e. The van der Waals surface area contributed by atoms with E-state index in [2.05, 4.69) is 0 Å². The van der Waals surface area contributed by atoms with Crippen molar-refractivity contribution in [3.05, 3.63) is 53.1 Å². The Morgan fingerprint density at radius 1 is 1.13 bits per heavy atom. The third kappa shape index (κ3) is 4.53. The zero-order valence-electron chi connectivity index (χ0n) is 12.8. The summed E-state index contributed by atoms with van der Waals surface area (Å²) in [6.45, 7) is 0. The molecular weight excluding hydrogens is 320 g/mol. The van der Waals surface area contributed by atoms with Crippen LogP contribution < -0.4 is 14.2 Å². The maximum atomic E-state index is 11.5. The molecule has 5 nitrogen and oxygen atoms in total. The van der Waals surface area contributed by atoms with Gasteiger partial charge in [0, 0.05) is 12.5 Å². The molecule has 2 aromatic carbocycles. The highest BCUT2D eigenvalue weighted by Gasteiger charge is 2.21. The smallest absolute Gasteiger partial charge is 0.345 e. The molecule has 2 aromatic rings. The van der Waals surface area contributed by atoms with Gasteiger partial charge in [0.25, 0.3) is 0 Å². The summed E-state index contributed by atoms with van der Waals surface area (Å²) in [5.74, 6) is 0.506. The van der Waals surface area contributed by atoms with Gasteiger partial charge in [-0.3, -0.25) is 0 Å². The molecule has 1 atom stereocenters. The summed E-state index contributed by atoms with van der Waals surface area (Å²) >= 11 is 6.06. The Morgan fingerprint density at radius 2 is 1.87 bits per heavy atom. The lowest BCUT2D eigenvalue weighted by Crippen LogP contribution is -2.29. The lowest BCUT2D eigenvalue weighted by atomic mass is 10.1. The summed E-state index contributed by atoms with van der Waals surface area (Å²) in [6, 6.07) is 11.9. The number of methoxy groups -OCH3 is 2. The van der Waals surface area contributed by atoms with Gasteiger partial charge in [0.1, 0.15) is 17.2 Å². The predicted octanol–water partition coefficient (Wildman–Crippen LogP) is 3.43. The summed E-state index contributed by atoms with van der Waals surface area (Å²) in [4.78, 5) is 11.5. The molecular formula is C17H17ClO5. The molecule has 0 radical (unpaired) electrons. The number of aliphatic carboxylic acids is 1. The fraction of sp³-hybridized carbons (Fsp3) is 0.235. The van der Waals surface area contributed by atoms with E-state index in [1.165, 1.54) is 14.2 Å². The normalized spacial score (nSPS) is 11.6. The van der Waals surface area contributed by atoms with E-state index in [-0.39, 0.29) is 6.42 Å². The van der Waals surface area contributed by atoms with Gasteiger partial charge in [-0.15, -0.1) is 0 Å². The monoisotopic (exact) mass is 336 g/mol. The van der Waals surface area contributed by atoms with E-state index in [1.54, 1.807) is 42.5 Å². The number of carbonyl (C=O) groups is 1. The van der Waals surface area contributed by atoms with Crippen molar-refractivity contribution in [3.8, 4) is 17.2 Å². The SMILES string of the molecule is COc1cccc(O[C@H](Cc2ccc(OC)c(Cl)c2)C(=O)O)c1. The number of hydrogen-bond acceptors (Lipinski definition) is 4. The van der Waals surface area contributed by atoms with Crippen molar-refractivity contribution < 1.29 is 24.1 Å². The minimum absolute atomic E-state index is 0.177. The summed E-state index contributed by atoms with van der Waals surface area (Å²) in [5, 5.41) is 9.80. The number of rotatable bonds is 7. The second kappa shape index (κ2) is 7.74.